The van der Waals surface area contributed by atoms with Crippen LogP contribution in [-0.2, 0) is 6.54 Å². The van der Waals surface area contributed by atoms with Crippen molar-refractivity contribution in [1.82, 2.24) is 25.7 Å². The number of amides is 1. The quantitative estimate of drug-likeness (QED) is 0.837. The van der Waals surface area contributed by atoms with Crippen LogP contribution in [0.1, 0.15) is 15.5 Å². The Labute approximate surface area is 93.7 Å². The lowest BCUT2D eigenvalue weighted by molar-refractivity contribution is 0.0949. The van der Waals surface area contributed by atoms with Gasteiger partial charge in [-0.3, -0.25) is 9.89 Å². The minimum absolute atomic E-state index is 0.250. The Balaban J connectivity index is 1.93. The van der Waals surface area contributed by atoms with Crippen LogP contribution in [0.5, 0.6) is 0 Å². The Morgan fingerprint density at radius 3 is 3.07 bits per heavy atom. The second-order valence-electron chi connectivity index (χ2n) is 2.62. The fraction of sp³-hybridized carbons (Fsp3) is 0.143. The first-order chi connectivity index (χ1) is 7.25. The van der Waals surface area contributed by atoms with Crippen molar-refractivity contribution in [3.8, 4) is 0 Å². The predicted octanol–water partition coefficient (Wildman–Crippen LogP) is 0.845. The zero-order valence-corrected chi connectivity index (χ0v) is 8.97. The van der Waals surface area contributed by atoms with Crippen LogP contribution >= 0.6 is 22.9 Å². The van der Waals surface area contributed by atoms with Crippen molar-refractivity contribution in [2.24, 2.45) is 0 Å². The van der Waals surface area contributed by atoms with Crippen LogP contribution in [0.4, 0.5) is 0 Å². The first-order valence-electron chi connectivity index (χ1n) is 4.01. The Kier molecular flexibility index (Phi) is 2.93. The molecule has 0 spiro atoms. The zero-order valence-electron chi connectivity index (χ0n) is 7.40. The molecule has 0 saturated heterocycles. The highest BCUT2D eigenvalue weighted by atomic mass is 35.5. The summed E-state index contributed by atoms with van der Waals surface area (Å²) in [6.07, 6.45) is 1.61. The summed E-state index contributed by atoms with van der Waals surface area (Å²) >= 11 is 6.59. The van der Waals surface area contributed by atoms with Crippen LogP contribution in [-0.4, -0.2) is 26.3 Å². The van der Waals surface area contributed by atoms with E-state index in [9.17, 15) is 4.79 Å². The van der Waals surface area contributed by atoms with Gasteiger partial charge in [-0.25, -0.2) is 0 Å². The van der Waals surface area contributed by atoms with Gasteiger partial charge in [0.2, 0.25) is 9.47 Å². The molecule has 6 nitrogen and oxygen atoms in total. The Bertz CT molecular complexity index is 454. The van der Waals surface area contributed by atoms with Gasteiger partial charge in [-0.05, 0) is 17.7 Å². The van der Waals surface area contributed by atoms with Gasteiger partial charge in [0.25, 0.3) is 5.91 Å². The summed E-state index contributed by atoms with van der Waals surface area (Å²) in [5, 5.41) is 16.5. The number of halogens is 1. The van der Waals surface area contributed by atoms with Gasteiger partial charge >= 0.3 is 0 Å². The first-order valence-corrected chi connectivity index (χ1v) is 5.20. The lowest BCUT2D eigenvalue weighted by atomic mass is 10.4. The second kappa shape index (κ2) is 4.37. The van der Waals surface area contributed by atoms with Crippen LogP contribution in [0.2, 0.25) is 4.47 Å². The minimum Gasteiger partial charge on any atom is -0.344 e. The lowest BCUT2D eigenvalue weighted by Crippen LogP contribution is -2.22. The number of nitrogens with zero attached hydrogens (tertiary/aromatic N) is 3. The highest BCUT2D eigenvalue weighted by molar-refractivity contribution is 7.17. The Morgan fingerprint density at radius 2 is 2.47 bits per heavy atom. The molecule has 2 heterocycles. The molecule has 0 aliphatic rings. The third kappa shape index (κ3) is 2.51. The zero-order chi connectivity index (χ0) is 10.7. The van der Waals surface area contributed by atoms with Crippen LogP contribution in [0, 0.1) is 0 Å². The molecular formula is C7H6ClN5OS. The van der Waals surface area contributed by atoms with Gasteiger partial charge in [-0.2, -0.15) is 5.10 Å². The molecule has 0 bridgehead atoms. The summed E-state index contributed by atoms with van der Waals surface area (Å²) in [4.78, 5) is 11.5. The summed E-state index contributed by atoms with van der Waals surface area (Å²) in [6, 6.07) is 1.77. The maximum absolute atomic E-state index is 11.5. The summed E-state index contributed by atoms with van der Waals surface area (Å²) in [5.74, 6) is -0.297. The van der Waals surface area contributed by atoms with E-state index >= 15 is 0 Å². The van der Waals surface area contributed by atoms with E-state index < -0.39 is 0 Å². The van der Waals surface area contributed by atoms with Crippen LogP contribution < -0.4 is 5.32 Å². The molecule has 0 aromatic carbocycles. The van der Waals surface area contributed by atoms with Gasteiger partial charge in [0, 0.05) is 6.20 Å². The number of rotatable bonds is 3. The Hall–Kier alpha value is -1.47. The summed E-state index contributed by atoms with van der Waals surface area (Å²) in [6.45, 7) is 0.371. The minimum atomic E-state index is -0.297. The van der Waals surface area contributed by atoms with Crippen molar-refractivity contribution in [3.63, 3.8) is 0 Å². The number of carbonyl (C=O) groups excluding carboxylic acids is 1. The molecule has 0 unspecified atom stereocenters. The number of hydrogen-bond donors (Lipinski definition) is 2. The average Bonchev–Trinajstić information content (AvgIpc) is 2.84. The van der Waals surface area contributed by atoms with Gasteiger partial charge < -0.3 is 5.32 Å². The number of aromatic nitrogens is 4. The highest BCUT2D eigenvalue weighted by Crippen LogP contribution is 2.14. The van der Waals surface area contributed by atoms with Crippen molar-refractivity contribution in [2.45, 2.75) is 6.54 Å². The van der Waals surface area contributed by atoms with Crippen molar-refractivity contribution < 1.29 is 4.79 Å². The van der Waals surface area contributed by atoms with E-state index in [1.165, 1.54) is 0 Å². The van der Waals surface area contributed by atoms with Crippen molar-refractivity contribution in [3.05, 3.63) is 27.4 Å². The Morgan fingerprint density at radius 1 is 1.60 bits per heavy atom. The van der Waals surface area contributed by atoms with Crippen molar-refractivity contribution in [2.75, 3.05) is 0 Å². The molecule has 0 aliphatic heterocycles. The standard InChI is InChI=1S/C7H6ClN5OS/c8-7-13-12-6(15-7)5(14)9-3-4-1-2-10-11-4/h1-2H,3H2,(H,9,14)(H,10,11). The van der Waals surface area contributed by atoms with E-state index in [2.05, 4.69) is 25.7 Å². The number of H-pyrrole nitrogens is 1. The molecule has 15 heavy (non-hydrogen) atoms. The maximum Gasteiger partial charge on any atom is 0.282 e. The van der Waals surface area contributed by atoms with E-state index in [1.807, 2.05) is 0 Å². The first kappa shape index (κ1) is 10.1. The summed E-state index contributed by atoms with van der Waals surface area (Å²) < 4.78 is 0.252. The van der Waals surface area contributed by atoms with E-state index in [1.54, 1.807) is 12.3 Å². The van der Waals surface area contributed by atoms with E-state index in [4.69, 9.17) is 11.6 Å². The van der Waals surface area contributed by atoms with E-state index in [-0.39, 0.29) is 15.4 Å². The molecule has 2 aromatic rings. The fourth-order valence-corrected chi connectivity index (χ4v) is 1.68. The van der Waals surface area contributed by atoms with Gasteiger partial charge in [0.05, 0.1) is 12.2 Å². The molecule has 0 atom stereocenters. The highest BCUT2D eigenvalue weighted by Gasteiger charge is 2.11. The van der Waals surface area contributed by atoms with Crippen LogP contribution in [0.15, 0.2) is 12.3 Å². The van der Waals surface area contributed by atoms with Crippen molar-refractivity contribution in [1.29, 1.82) is 0 Å². The van der Waals surface area contributed by atoms with Gasteiger partial charge in [-0.15, -0.1) is 10.2 Å². The third-order valence-electron chi connectivity index (χ3n) is 1.59. The third-order valence-corrected chi connectivity index (χ3v) is 2.61. The normalized spacial score (nSPS) is 10.2. The molecule has 0 fully saturated rings. The second-order valence-corrected chi connectivity index (χ2v) is 4.18. The van der Waals surface area contributed by atoms with Crippen LogP contribution in [0.3, 0.4) is 0 Å². The molecular weight excluding hydrogens is 238 g/mol. The maximum atomic E-state index is 11.5. The molecule has 0 aliphatic carbocycles. The molecule has 8 heteroatoms. The average molecular weight is 244 g/mol. The predicted molar refractivity (Wildman–Crippen MR) is 54.7 cm³/mol. The SMILES string of the molecule is O=C(NCc1ccn[nH]1)c1nnc(Cl)s1. The van der Waals surface area contributed by atoms with Gasteiger partial charge in [0.1, 0.15) is 0 Å². The number of carbonyl (C=O) groups is 1. The molecule has 78 valence electrons. The summed E-state index contributed by atoms with van der Waals surface area (Å²) in [5.41, 5.74) is 0.818. The summed E-state index contributed by atoms with van der Waals surface area (Å²) in [7, 11) is 0. The van der Waals surface area contributed by atoms with E-state index in [0.29, 0.717) is 6.54 Å². The van der Waals surface area contributed by atoms with Crippen LogP contribution in [0.25, 0.3) is 0 Å². The number of aromatic amines is 1. The molecule has 0 saturated carbocycles. The van der Waals surface area contributed by atoms with Gasteiger partial charge in [0.15, 0.2) is 0 Å². The molecule has 2 rings (SSSR count). The van der Waals surface area contributed by atoms with Gasteiger partial charge in [-0.1, -0.05) is 11.3 Å². The molecule has 2 aromatic heterocycles. The van der Waals surface area contributed by atoms with E-state index in [0.717, 1.165) is 17.0 Å². The smallest absolute Gasteiger partial charge is 0.282 e. The molecule has 0 radical (unpaired) electrons. The fourth-order valence-electron chi connectivity index (χ4n) is 0.931. The number of hydrogen-bond acceptors (Lipinski definition) is 5. The molecule has 1 amide bonds. The lowest BCUT2D eigenvalue weighted by Gasteiger charge is -1.98. The largest absolute Gasteiger partial charge is 0.344 e. The van der Waals surface area contributed by atoms with Crippen molar-refractivity contribution >= 4 is 28.8 Å². The topological polar surface area (TPSA) is 83.6 Å². The number of nitrogens with one attached hydrogen (secondary N) is 2. The monoisotopic (exact) mass is 243 g/mol. The molecule has 2 N–H and O–H groups in total.